The maximum absolute atomic E-state index is 12.7. The highest BCUT2D eigenvalue weighted by atomic mass is 32.2. The first-order valence-electron chi connectivity index (χ1n) is 9.03. The Morgan fingerprint density at radius 2 is 1.79 bits per heavy atom. The molecular formula is C20H22N2O6S. The summed E-state index contributed by atoms with van der Waals surface area (Å²) in [6.45, 7) is 0. The SMILES string of the molecule is CNS(=O)(=O)c1cc(C(=O)O[C@@H](C(=O)NC2CC2)c2ccccc2)ccc1OC. The Labute approximate surface area is 169 Å². The fraction of sp³-hybridized carbons (Fsp3) is 0.300. The maximum Gasteiger partial charge on any atom is 0.339 e. The molecule has 1 atom stereocenters. The van der Waals surface area contributed by atoms with Crippen molar-refractivity contribution in [3.05, 3.63) is 59.7 Å². The number of rotatable bonds is 8. The molecule has 0 spiro atoms. The Morgan fingerprint density at radius 1 is 1.10 bits per heavy atom. The number of carbonyl (C=O) groups excluding carboxylic acids is 2. The minimum atomic E-state index is -3.86. The molecule has 154 valence electrons. The second kappa shape index (κ2) is 8.62. The van der Waals surface area contributed by atoms with Crippen LogP contribution in [-0.2, 0) is 19.6 Å². The van der Waals surface area contributed by atoms with Crippen LogP contribution >= 0.6 is 0 Å². The van der Waals surface area contributed by atoms with E-state index in [-0.39, 0.29) is 22.3 Å². The first-order valence-corrected chi connectivity index (χ1v) is 10.5. The van der Waals surface area contributed by atoms with Gasteiger partial charge < -0.3 is 14.8 Å². The highest BCUT2D eigenvalue weighted by Gasteiger charge is 2.31. The van der Waals surface area contributed by atoms with Crippen LogP contribution in [-0.4, -0.2) is 40.5 Å². The summed E-state index contributed by atoms with van der Waals surface area (Å²) in [6.07, 6.45) is 0.645. The van der Waals surface area contributed by atoms with Crippen molar-refractivity contribution in [3.63, 3.8) is 0 Å². The molecule has 1 fully saturated rings. The molecule has 0 heterocycles. The Hall–Kier alpha value is -2.91. The van der Waals surface area contributed by atoms with E-state index >= 15 is 0 Å². The maximum atomic E-state index is 12.7. The van der Waals surface area contributed by atoms with Gasteiger partial charge in [-0.2, -0.15) is 0 Å². The van der Waals surface area contributed by atoms with Gasteiger partial charge in [-0.15, -0.1) is 0 Å². The van der Waals surface area contributed by atoms with E-state index in [1.165, 1.54) is 26.3 Å². The third kappa shape index (κ3) is 4.93. The van der Waals surface area contributed by atoms with E-state index < -0.39 is 28.0 Å². The normalized spacial score (nSPS) is 14.7. The molecule has 0 aromatic heterocycles. The molecule has 0 aliphatic heterocycles. The molecule has 1 saturated carbocycles. The van der Waals surface area contributed by atoms with Crippen molar-refractivity contribution in [2.24, 2.45) is 0 Å². The molecule has 2 aromatic rings. The molecule has 3 rings (SSSR count). The van der Waals surface area contributed by atoms with Gasteiger partial charge in [-0.1, -0.05) is 30.3 Å². The van der Waals surface area contributed by atoms with Gasteiger partial charge in [-0.05, 0) is 38.1 Å². The van der Waals surface area contributed by atoms with Gasteiger partial charge in [0.05, 0.1) is 12.7 Å². The van der Waals surface area contributed by atoms with E-state index in [0.717, 1.165) is 18.9 Å². The summed E-state index contributed by atoms with van der Waals surface area (Å²) in [6, 6.07) is 12.7. The molecular weight excluding hydrogens is 396 g/mol. The van der Waals surface area contributed by atoms with Crippen LogP contribution in [0, 0.1) is 0 Å². The number of benzene rings is 2. The lowest BCUT2D eigenvalue weighted by molar-refractivity contribution is -0.130. The molecule has 0 radical (unpaired) electrons. The number of hydrogen-bond donors (Lipinski definition) is 2. The van der Waals surface area contributed by atoms with Crippen LogP contribution in [0.15, 0.2) is 53.4 Å². The molecule has 8 nitrogen and oxygen atoms in total. The summed E-state index contributed by atoms with van der Waals surface area (Å²) in [4.78, 5) is 25.2. The van der Waals surface area contributed by atoms with Gasteiger partial charge in [0.25, 0.3) is 5.91 Å². The van der Waals surface area contributed by atoms with E-state index in [2.05, 4.69) is 10.0 Å². The minimum Gasteiger partial charge on any atom is -0.495 e. The van der Waals surface area contributed by atoms with Crippen LogP contribution in [0.5, 0.6) is 5.75 Å². The number of esters is 1. The summed E-state index contributed by atoms with van der Waals surface area (Å²) < 4.78 is 37.2. The van der Waals surface area contributed by atoms with E-state index in [4.69, 9.17) is 9.47 Å². The van der Waals surface area contributed by atoms with Gasteiger partial charge in [0.1, 0.15) is 10.6 Å². The van der Waals surface area contributed by atoms with Crippen molar-refractivity contribution in [1.82, 2.24) is 10.0 Å². The summed E-state index contributed by atoms with van der Waals surface area (Å²) in [5.41, 5.74) is 0.510. The quantitative estimate of drug-likeness (QED) is 0.632. The Morgan fingerprint density at radius 3 is 2.38 bits per heavy atom. The molecule has 2 N–H and O–H groups in total. The third-order valence-corrected chi connectivity index (χ3v) is 5.88. The van der Waals surface area contributed by atoms with Crippen LogP contribution in [0.1, 0.15) is 34.9 Å². The number of hydrogen-bond acceptors (Lipinski definition) is 6. The third-order valence-electron chi connectivity index (χ3n) is 4.45. The smallest absolute Gasteiger partial charge is 0.339 e. The van der Waals surface area contributed by atoms with Gasteiger partial charge >= 0.3 is 5.97 Å². The zero-order valence-corrected chi connectivity index (χ0v) is 16.9. The van der Waals surface area contributed by atoms with Gasteiger partial charge in [-0.25, -0.2) is 17.9 Å². The Balaban J connectivity index is 1.89. The molecule has 9 heteroatoms. The zero-order valence-electron chi connectivity index (χ0n) is 16.0. The number of methoxy groups -OCH3 is 1. The number of carbonyl (C=O) groups is 2. The van der Waals surface area contributed by atoms with E-state index in [0.29, 0.717) is 5.56 Å². The lowest BCUT2D eigenvalue weighted by atomic mass is 10.1. The summed E-state index contributed by atoms with van der Waals surface area (Å²) in [5.74, 6) is -1.15. The topological polar surface area (TPSA) is 111 Å². The molecule has 1 aliphatic rings. The number of sulfonamides is 1. The van der Waals surface area contributed by atoms with Gasteiger partial charge in [0, 0.05) is 11.6 Å². The molecule has 0 unspecified atom stereocenters. The monoisotopic (exact) mass is 418 g/mol. The van der Waals surface area contributed by atoms with Crippen molar-refractivity contribution >= 4 is 21.9 Å². The van der Waals surface area contributed by atoms with Crippen molar-refractivity contribution in [2.75, 3.05) is 14.2 Å². The molecule has 0 saturated heterocycles. The average molecular weight is 418 g/mol. The van der Waals surface area contributed by atoms with Crippen LogP contribution in [0.25, 0.3) is 0 Å². The molecule has 1 amide bonds. The second-order valence-corrected chi connectivity index (χ2v) is 8.41. The zero-order chi connectivity index (χ0) is 21.0. The van der Waals surface area contributed by atoms with Crippen molar-refractivity contribution < 1.29 is 27.5 Å². The van der Waals surface area contributed by atoms with Gasteiger partial charge in [-0.3, -0.25) is 4.79 Å². The van der Waals surface area contributed by atoms with Crippen LogP contribution in [0.3, 0.4) is 0 Å². The van der Waals surface area contributed by atoms with Gasteiger partial charge in [0.15, 0.2) is 0 Å². The molecule has 0 bridgehead atoms. The summed E-state index contributed by atoms with van der Waals surface area (Å²) in [5, 5.41) is 2.83. The van der Waals surface area contributed by atoms with Crippen LogP contribution in [0.2, 0.25) is 0 Å². The summed E-state index contributed by atoms with van der Waals surface area (Å²) >= 11 is 0. The lowest BCUT2D eigenvalue weighted by Crippen LogP contribution is -2.33. The minimum absolute atomic E-state index is 0.0141. The number of nitrogens with one attached hydrogen (secondary N) is 2. The fourth-order valence-corrected chi connectivity index (χ4v) is 3.62. The van der Waals surface area contributed by atoms with E-state index in [1.807, 2.05) is 0 Å². The van der Waals surface area contributed by atoms with E-state index in [1.54, 1.807) is 30.3 Å². The molecule has 1 aliphatic carbocycles. The number of ether oxygens (including phenoxy) is 2. The number of amides is 1. The first-order chi connectivity index (χ1) is 13.9. The molecule has 2 aromatic carbocycles. The predicted molar refractivity (Wildman–Crippen MR) is 105 cm³/mol. The van der Waals surface area contributed by atoms with E-state index in [9.17, 15) is 18.0 Å². The largest absolute Gasteiger partial charge is 0.495 e. The van der Waals surface area contributed by atoms with Crippen molar-refractivity contribution in [2.45, 2.75) is 29.9 Å². The summed E-state index contributed by atoms with van der Waals surface area (Å²) in [7, 11) is -1.28. The van der Waals surface area contributed by atoms with Gasteiger partial charge in [0.2, 0.25) is 16.1 Å². The second-order valence-electron chi connectivity index (χ2n) is 6.55. The fourth-order valence-electron chi connectivity index (χ4n) is 2.70. The van der Waals surface area contributed by atoms with Crippen LogP contribution < -0.4 is 14.8 Å². The highest BCUT2D eigenvalue weighted by molar-refractivity contribution is 7.89. The first kappa shape index (κ1) is 20.8. The highest BCUT2D eigenvalue weighted by Crippen LogP contribution is 2.27. The predicted octanol–water partition coefficient (Wildman–Crippen LogP) is 1.78. The van der Waals surface area contributed by atoms with Crippen molar-refractivity contribution in [1.29, 1.82) is 0 Å². The Kier molecular flexibility index (Phi) is 6.19. The average Bonchev–Trinajstić information content (AvgIpc) is 3.55. The molecule has 29 heavy (non-hydrogen) atoms. The van der Waals surface area contributed by atoms with Crippen LogP contribution in [0.4, 0.5) is 0 Å². The standard InChI is InChI=1S/C20H22N2O6S/c1-21-29(25,26)17-12-14(8-11-16(17)27-2)20(24)28-18(13-6-4-3-5-7-13)19(23)22-15-9-10-15/h3-8,11-12,15,18,21H,9-10H2,1-2H3,(H,22,23)/t18-/m1/s1. The Bertz CT molecular complexity index is 1000. The van der Waals surface area contributed by atoms with Crippen molar-refractivity contribution in [3.8, 4) is 5.75 Å². The lowest BCUT2D eigenvalue weighted by Gasteiger charge is -2.18.